The Bertz CT molecular complexity index is 1480. The van der Waals surface area contributed by atoms with Gasteiger partial charge in [-0.2, -0.15) is 5.10 Å². The maximum Gasteiger partial charge on any atom is 0.295 e. The lowest BCUT2D eigenvalue weighted by Crippen LogP contribution is -2.65. The molecule has 0 aliphatic carbocycles. The number of nitrogens with zero attached hydrogens (tertiary/aromatic N) is 5. The Balaban J connectivity index is 0.00000181. The third kappa shape index (κ3) is 5.45. The van der Waals surface area contributed by atoms with Gasteiger partial charge in [0.05, 0.1) is 34.0 Å². The molecule has 0 spiro atoms. The molecule has 1 atom stereocenters. The molecule has 1 saturated heterocycles. The molecular formula is C25H29FN10O4. The lowest BCUT2D eigenvalue weighted by molar-refractivity contribution is -0.128. The molecule has 1 aromatic carbocycles. The molecule has 14 nitrogen and oxygen atoms in total. The largest absolute Gasteiger partial charge is 0.400 e. The third-order valence-electron chi connectivity index (χ3n) is 6.48. The number of nitrogens with one attached hydrogen (secondary N) is 3. The van der Waals surface area contributed by atoms with Crippen LogP contribution in [0.2, 0.25) is 0 Å². The van der Waals surface area contributed by atoms with E-state index in [-0.39, 0.29) is 46.6 Å². The van der Waals surface area contributed by atoms with E-state index in [4.69, 9.17) is 16.8 Å². The Morgan fingerprint density at radius 1 is 1.20 bits per heavy atom. The molecule has 0 radical (unpaired) electrons. The van der Waals surface area contributed by atoms with Gasteiger partial charge in [-0.25, -0.2) is 20.6 Å². The number of piperazine rings is 1. The number of fused-ring (bicyclic) bond motifs is 1. The molecule has 3 aromatic heterocycles. The topological polar surface area (TPSA) is 203 Å². The first-order chi connectivity index (χ1) is 19.4. The quantitative estimate of drug-likeness (QED) is 0.0428. The number of aliphatic hydroxyl groups excluding tert-OH is 1. The summed E-state index contributed by atoms with van der Waals surface area (Å²) in [6, 6.07) is 10.7. The van der Waals surface area contributed by atoms with E-state index in [1.807, 2.05) is 35.2 Å². The number of hydrogen-bond acceptors (Lipinski definition) is 11. The van der Waals surface area contributed by atoms with Gasteiger partial charge in [-0.05, 0) is 18.2 Å². The van der Waals surface area contributed by atoms with Gasteiger partial charge in [-0.3, -0.25) is 35.2 Å². The van der Waals surface area contributed by atoms with Gasteiger partial charge in [-0.15, -0.1) is 0 Å². The molecular weight excluding hydrogens is 523 g/mol. The highest BCUT2D eigenvalue weighted by Gasteiger charge is 2.33. The van der Waals surface area contributed by atoms with Crippen LogP contribution in [0.4, 0.5) is 10.1 Å². The molecule has 0 saturated carbocycles. The molecule has 5 rings (SSSR count). The van der Waals surface area contributed by atoms with E-state index in [0.29, 0.717) is 19.4 Å². The number of hydrogen-bond donors (Lipinski definition) is 6. The van der Waals surface area contributed by atoms with Crippen molar-refractivity contribution in [2.45, 2.75) is 6.29 Å². The summed E-state index contributed by atoms with van der Waals surface area (Å²) in [5.74, 6) is 9.66. The fourth-order valence-corrected chi connectivity index (χ4v) is 4.53. The van der Waals surface area contributed by atoms with Crippen molar-refractivity contribution in [1.82, 2.24) is 35.4 Å². The molecule has 1 fully saturated rings. The van der Waals surface area contributed by atoms with Crippen LogP contribution in [0.15, 0.2) is 48.8 Å². The number of hydrazine groups is 2. The van der Waals surface area contributed by atoms with E-state index in [0.717, 1.165) is 19.0 Å². The first-order valence-electron chi connectivity index (χ1n) is 12.2. The van der Waals surface area contributed by atoms with Gasteiger partial charge >= 0.3 is 0 Å². The highest BCUT2D eigenvalue weighted by molar-refractivity contribution is 6.45. The summed E-state index contributed by atoms with van der Waals surface area (Å²) in [4.78, 5) is 47.6. The van der Waals surface area contributed by atoms with Crippen molar-refractivity contribution < 1.29 is 23.9 Å². The maximum atomic E-state index is 14.8. The fraction of sp³-hybridized carbons (Fsp3) is 0.240. The molecule has 1 aliphatic heterocycles. The van der Waals surface area contributed by atoms with Gasteiger partial charge in [0.25, 0.3) is 11.7 Å². The van der Waals surface area contributed by atoms with Crippen LogP contribution in [-0.4, -0.2) is 92.6 Å². The van der Waals surface area contributed by atoms with Crippen molar-refractivity contribution in [3.05, 3.63) is 65.9 Å². The number of carbonyl (C=O) groups is 3. The average molecular weight is 553 g/mol. The average Bonchev–Trinajstić information content (AvgIpc) is 3.67. The number of nitrogens with two attached hydrogens (primary N) is 2. The van der Waals surface area contributed by atoms with Gasteiger partial charge < -0.3 is 15.0 Å². The fourth-order valence-electron chi connectivity index (χ4n) is 4.53. The second-order valence-electron chi connectivity index (χ2n) is 8.67. The van der Waals surface area contributed by atoms with Crippen molar-refractivity contribution in [2.24, 2.45) is 11.7 Å². The number of para-hydroxylation sites is 1. The lowest BCUT2D eigenvalue weighted by Gasteiger charge is -2.42. The van der Waals surface area contributed by atoms with E-state index in [1.54, 1.807) is 0 Å². The number of ketones is 1. The van der Waals surface area contributed by atoms with Crippen LogP contribution in [0.5, 0.6) is 0 Å². The number of Topliss-reactive ketones (excluding diaryl/α,β-unsaturated/α-hetero) is 1. The van der Waals surface area contributed by atoms with Crippen LogP contribution in [0, 0.1) is 5.82 Å². The second kappa shape index (κ2) is 12.5. The summed E-state index contributed by atoms with van der Waals surface area (Å²) in [7, 11) is 1.00. The number of aldehydes is 1. The number of pyridine rings is 1. The molecule has 40 heavy (non-hydrogen) atoms. The monoisotopic (exact) mass is 552 g/mol. The van der Waals surface area contributed by atoms with Crippen LogP contribution >= 0.6 is 0 Å². The van der Waals surface area contributed by atoms with Gasteiger partial charge in [0, 0.05) is 39.5 Å². The van der Waals surface area contributed by atoms with E-state index < -0.39 is 23.8 Å². The molecule has 4 heterocycles. The number of anilines is 1. The number of amides is 1. The number of carbonyl (C=O) groups excluding carboxylic acids is 3. The van der Waals surface area contributed by atoms with Crippen molar-refractivity contribution in [3.63, 3.8) is 0 Å². The number of aromatic nitrogens is 4. The van der Waals surface area contributed by atoms with Crippen molar-refractivity contribution >= 4 is 34.6 Å². The van der Waals surface area contributed by atoms with Gasteiger partial charge in [0.2, 0.25) is 0 Å². The highest BCUT2D eigenvalue weighted by atomic mass is 19.1. The lowest BCUT2D eigenvalue weighted by atomic mass is 10.1. The minimum Gasteiger partial charge on any atom is -0.400 e. The number of H-pyrrole nitrogens is 2. The summed E-state index contributed by atoms with van der Waals surface area (Å²) in [5, 5.41) is 15.0. The molecule has 210 valence electrons. The zero-order valence-electron chi connectivity index (χ0n) is 21.5. The molecule has 1 amide bonds. The Morgan fingerprint density at radius 2 is 1.90 bits per heavy atom. The summed E-state index contributed by atoms with van der Waals surface area (Å²) < 4.78 is 14.8. The number of aliphatic hydroxyl groups is 1. The molecule has 15 heteroatoms. The minimum atomic E-state index is -0.852. The summed E-state index contributed by atoms with van der Waals surface area (Å²) >= 11 is 0. The number of benzene rings is 1. The van der Waals surface area contributed by atoms with Crippen molar-refractivity contribution in [3.8, 4) is 11.4 Å². The smallest absolute Gasteiger partial charge is 0.295 e. The van der Waals surface area contributed by atoms with Gasteiger partial charge in [-0.1, -0.05) is 18.2 Å². The standard InChI is InChI=1S/C24H25FN10O3.CH4O/c25-17-12-29-20(18-10-14(13-36)31-32-18)21-19(17)16(11-28-21)22(37)23(38)33-6-8-34(9-7-33)24(30-26)35(27)15-4-2-1-3-5-15;1-2/h1-5,10-13,24,28,30H,6-9,26-27H2,(H,31,32);2H,1H3. The van der Waals surface area contributed by atoms with Crippen LogP contribution in [0.1, 0.15) is 20.8 Å². The van der Waals surface area contributed by atoms with Crippen LogP contribution in [-0.2, 0) is 4.79 Å². The number of rotatable bonds is 8. The van der Waals surface area contributed by atoms with Crippen LogP contribution in [0.3, 0.4) is 0 Å². The van der Waals surface area contributed by atoms with E-state index >= 15 is 0 Å². The maximum absolute atomic E-state index is 14.8. The van der Waals surface area contributed by atoms with E-state index in [2.05, 4.69) is 25.6 Å². The van der Waals surface area contributed by atoms with Crippen molar-refractivity contribution in [2.75, 3.05) is 38.3 Å². The molecule has 8 N–H and O–H groups in total. The highest BCUT2D eigenvalue weighted by Crippen LogP contribution is 2.30. The minimum absolute atomic E-state index is 0.0725. The normalized spacial score (nSPS) is 14.4. The molecule has 4 aromatic rings. The molecule has 1 unspecified atom stereocenters. The number of halogens is 1. The van der Waals surface area contributed by atoms with E-state index in [1.165, 1.54) is 22.2 Å². The van der Waals surface area contributed by atoms with Crippen LogP contribution in [0.25, 0.3) is 22.3 Å². The van der Waals surface area contributed by atoms with Gasteiger partial charge in [0.1, 0.15) is 11.4 Å². The Kier molecular flexibility index (Phi) is 8.93. The summed E-state index contributed by atoms with van der Waals surface area (Å²) in [5.41, 5.74) is 4.24. The predicted octanol–water partition coefficient (Wildman–Crippen LogP) is -0.0328. The van der Waals surface area contributed by atoms with Gasteiger partial charge in [0.15, 0.2) is 18.4 Å². The second-order valence-corrected chi connectivity index (χ2v) is 8.67. The number of aromatic amines is 2. The Morgan fingerprint density at radius 3 is 2.52 bits per heavy atom. The summed E-state index contributed by atoms with van der Waals surface area (Å²) in [6.45, 7) is 1.27. The zero-order valence-corrected chi connectivity index (χ0v) is 21.5. The van der Waals surface area contributed by atoms with Crippen LogP contribution < -0.4 is 22.1 Å². The Labute approximate surface area is 227 Å². The first-order valence-corrected chi connectivity index (χ1v) is 12.2. The predicted molar refractivity (Wildman–Crippen MR) is 144 cm³/mol. The molecule has 1 aliphatic rings. The molecule has 0 bridgehead atoms. The van der Waals surface area contributed by atoms with Crippen molar-refractivity contribution in [1.29, 1.82) is 0 Å². The first kappa shape index (κ1) is 28.5. The summed E-state index contributed by atoms with van der Waals surface area (Å²) in [6.07, 6.45) is 2.27. The zero-order chi connectivity index (χ0) is 28.8. The SMILES string of the molecule is CO.NNC(N1CCN(C(=O)C(=O)c2c[nH]c3c(-c4cc(C=O)[nH]n4)ncc(F)c23)CC1)N(N)c1ccccc1. The Hall–Kier alpha value is -4.54. The third-order valence-corrected chi connectivity index (χ3v) is 6.48. The van der Waals surface area contributed by atoms with E-state index in [9.17, 15) is 18.8 Å².